The minimum atomic E-state index is -0.0157. The lowest BCUT2D eigenvalue weighted by atomic mass is 10.1. The van der Waals surface area contributed by atoms with Gasteiger partial charge in [0.25, 0.3) is 0 Å². The van der Waals surface area contributed by atoms with Gasteiger partial charge in [-0.15, -0.1) is 0 Å². The highest BCUT2D eigenvalue weighted by Crippen LogP contribution is 2.33. The second-order valence-corrected chi connectivity index (χ2v) is 5.40. The summed E-state index contributed by atoms with van der Waals surface area (Å²) in [5.41, 5.74) is 5.61. The maximum Gasteiger partial charge on any atom is 0.220 e. The van der Waals surface area contributed by atoms with Gasteiger partial charge in [0.15, 0.2) is 0 Å². The Morgan fingerprint density at radius 1 is 1.12 bits per heavy atom. The van der Waals surface area contributed by atoms with Crippen molar-refractivity contribution in [2.75, 3.05) is 6.54 Å². The third-order valence-corrected chi connectivity index (χ3v) is 3.66. The van der Waals surface area contributed by atoms with Crippen LogP contribution in [0.4, 0.5) is 0 Å². The second kappa shape index (κ2) is 7.70. The largest absolute Gasteiger partial charge is 0.349 e. The van der Waals surface area contributed by atoms with Crippen LogP contribution in [0.1, 0.15) is 71.1 Å². The Labute approximate surface area is 106 Å². The first-order chi connectivity index (χ1) is 8.22. The minimum absolute atomic E-state index is 0.0157. The molecular formula is C14H28N2O. The number of nitrogens with one attached hydrogen (secondary N) is 1. The van der Waals surface area contributed by atoms with Crippen molar-refractivity contribution in [3.05, 3.63) is 0 Å². The minimum Gasteiger partial charge on any atom is -0.349 e. The van der Waals surface area contributed by atoms with Crippen molar-refractivity contribution in [1.29, 1.82) is 0 Å². The summed E-state index contributed by atoms with van der Waals surface area (Å²) in [6, 6.07) is 0. The van der Waals surface area contributed by atoms with Crippen LogP contribution in [0.3, 0.4) is 0 Å². The molecule has 0 bridgehead atoms. The van der Waals surface area contributed by atoms with E-state index in [0.717, 1.165) is 19.3 Å². The smallest absolute Gasteiger partial charge is 0.220 e. The molecule has 0 radical (unpaired) electrons. The Bertz CT molecular complexity index is 224. The van der Waals surface area contributed by atoms with Crippen LogP contribution < -0.4 is 11.1 Å². The van der Waals surface area contributed by atoms with Gasteiger partial charge in [0, 0.05) is 13.0 Å². The molecule has 3 N–H and O–H groups in total. The molecular weight excluding hydrogens is 212 g/mol. The number of unbranched alkanes of at least 4 members (excludes halogenated alkanes) is 6. The molecule has 17 heavy (non-hydrogen) atoms. The van der Waals surface area contributed by atoms with Crippen molar-refractivity contribution in [2.45, 2.75) is 76.7 Å². The number of hydrogen-bond donors (Lipinski definition) is 2. The molecule has 0 unspecified atom stereocenters. The van der Waals surface area contributed by atoms with Gasteiger partial charge in [0.05, 0.1) is 5.54 Å². The van der Waals surface area contributed by atoms with Gasteiger partial charge in [0.2, 0.25) is 5.91 Å². The van der Waals surface area contributed by atoms with E-state index in [1.165, 1.54) is 38.5 Å². The monoisotopic (exact) mass is 240 g/mol. The van der Waals surface area contributed by atoms with E-state index in [1.807, 2.05) is 0 Å². The molecule has 0 spiro atoms. The van der Waals surface area contributed by atoms with Crippen LogP contribution in [-0.4, -0.2) is 18.0 Å². The number of rotatable bonds is 10. The molecule has 0 heterocycles. The van der Waals surface area contributed by atoms with E-state index in [0.29, 0.717) is 13.0 Å². The predicted octanol–water partition coefficient (Wildman–Crippen LogP) is 2.73. The van der Waals surface area contributed by atoms with Crippen LogP contribution in [0.25, 0.3) is 0 Å². The van der Waals surface area contributed by atoms with Gasteiger partial charge in [-0.2, -0.15) is 0 Å². The van der Waals surface area contributed by atoms with Crippen LogP contribution in [-0.2, 0) is 4.79 Å². The maximum absolute atomic E-state index is 11.6. The lowest BCUT2D eigenvalue weighted by Gasteiger charge is -2.14. The molecule has 0 aromatic carbocycles. The van der Waals surface area contributed by atoms with Gasteiger partial charge in [0.1, 0.15) is 0 Å². The first-order valence-electron chi connectivity index (χ1n) is 7.23. The van der Waals surface area contributed by atoms with Gasteiger partial charge in [-0.05, 0) is 19.3 Å². The molecule has 3 heteroatoms. The van der Waals surface area contributed by atoms with Gasteiger partial charge in [-0.3, -0.25) is 4.79 Å². The van der Waals surface area contributed by atoms with Crippen LogP contribution in [0.5, 0.6) is 0 Å². The van der Waals surface area contributed by atoms with Gasteiger partial charge >= 0.3 is 0 Å². The fourth-order valence-corrected chi connectivity index (χ4v) is 2.13. The molecule has 3 nitrogen and oxygen atoms in total. The zero-order chi connectivity index (χ0) is 12.6. The summed E-state index contributed by atoms with van der Waals surface area (Å²) < 4.78 is 0. The van der Waals surface area contributed by atoms with E-state index >= 15 is 0 Å². The molecule has 1 rings (SSSR count). The summed E-state index contributed by atoms with van der Waals surface area (Å²) in [4.78, 5) is 11.6. The number of carbonyl (C=O) groups is 1. The highest BCUT2D eigenvalue weighted by Gasteiger charge is 2.42. The first kappa shape index (κ1) is 14.5. The fraction of sp³-hybridized carbons (Fsp3) is 0.929. The molecule has 1 amide bonds. The summed E-state index contributed by atoms with van der Waals surface area (Å²) in [5, 5.41) is 3.06. The Hall–Kier alpha value is -0.570. The second-order valence-electron chi connectivity index (χ2n) is 5.40. The van der Waals surface area contributed by atoms with Crippen molar-refractivity contribution in [1.82, 2.24) is 5.32 Å². The maximum atomic E-state index is 11.6. The number of amides is 1. The first-order valence-corrected chi connectivity index (χ1v) is 7.23. The molecule has 1 aliphatic carbocycles. The van der Waals surface area contributed by atoms with Gasteiger partial charge in [-0.25, -0.2) is 0 Å². The third kappa shape index (κ3) is 6.06. The lowest BCUT2D eigenvalue weighted by Crippen LogP contribution is -2.42. The molecule has 1 fully saturated rings. The van der Waals surface area contributed by atoms with Crippen molar-refractivity contribution in [2.24, 2.45) is 5.73 Å². The fourth-order valence-electron chi connectivity index (χ4n) is 2.13. The SMILES string of the molecule is CCCCCCCCCC(=O)NC1(CN)CC1. The Kier molecular flexibility index (Phi) is 6.56. The Balaban J connectivity index is 1.90. The molecule has 0 atom stereocenters. The van der Waals surface area contributed by atoms with Crippen LogP contribution in [0.15, 0.2) is 0 Å². The highest BCUT2D eigenvalue weighted by atomic mass is 16.1. The average molecular weight is 240 g/mol. The third-order valence-electron chi connectivity index (χ3n) is 3.66. The zero-order valence-corrected chi connectivity index (χ0v) is 11.3. The van der Waals surface area contributed by atoms with Crippen LogP contribution in [0.2, 0.25) is 0 Å². The predicted molar refractivity (Wildman–Crippen MR) is 71.8 cm³/mol. The van der Waals surface area contributed by atoms with Crippen molar-refractivity contribution < 1.29 is 4.79 Å². The standard InChI is InChI=1S/C14H28N2O/c1-2-3-4-5-6-7-8-9-13(17)16-14(12-15)10-11-14/h2-12,15H2,1H3,(H,16,17). The van der Waals surface area contributed by atoms with E-state index in [4.69, 9.17) is 5.73 Å². The Morgan fingerprint density at radius 3 is 2.24 bits per heavy atom. The summed E-state index contributed by atoms with van der Waals surface area (Å²) in [6.45, 7) is 2.82. The molecule has 0 saturated heterocycles. The van der Waals surface area contributed by atoms with Crippen LogP contribution in [0, 0.1) is 0 Å². The summed E-state index contributed by atoms with van der Waals surface area (Å²) >= 11 is 0. The van der Waals surface area contributed by atoms with E-state index < -0.39 is 0 Å². The molecule has 100 valence electrons. The van der Waals surface area contributed by atoms with E-state index in [-0.39, 0.29) is 11.4 Å². The zero-order valence-electron chi connectivity index (χ0n) is 11.3. The molecule has 0 aromatic rings. The Morgan fingerprint density at radius 2 is 1.71 bits per heavy atom. The molecule has 1 saturated carbocycles. The van der Waals surface area contributed by atoms with Gasteiger partial charge in [-0.1, -0.05) is 45.4 Å². The highest BCUT2D eigenvalue weighted by molar-refractivity contribution is 5.77. The number of hydrogen-bond acceptors (Lipinski definition) is 2. The van der Waals surface area contributed by atoms with Gasteiger partial charge < -0.3 is 11.1 Å². The van der Waals surface area contributed by atoms with Crippen molar-refractivity contribution >= 4 is 5.91 Å². The molecule has 1 aliphatic rings. The normalized spacial score (nSPS) is 16.8. The van der Waals surface area contributed by atoms with Crippen LogP contribution >= 0.6 is 0 Å². The molecule has 0 aromatic heterocycles. The van der Waals surface area contributed by atoms with E-state index in [1.54, 1.807) is 0 Å². The molecule has 0 aliphatic heterocycles. The quantitative estimate of drug-likeness (QED) is 0.577. The number of nitrogens with two attached hydrogens (primary N) is 1. The number of carbonyl (C=O) groups excluding carboxylic acids is 1. The average Bonchev–Trinajstić information content (AvgIpc) is 3.08. The summed E-state index contributed by atoms with van der Waals surface area (Å²) in [5.74, 6) is 0.196. The lowest BCUT2D eigenvalue weighted by molar-refractivity contribution is -0.122. The van der Waals surface area contributed by atoms with E-state index in [9.17, 15) is 4.79 Å². The van der Waals surface area contributed by atoms with Crippen molar-refractivity contribution in [3.63, 3.8) is 0 Å². The van der Waals surface area contributed by atoms with E-state index in [2.05, 4.69) is 12.2 Å². The topological polar surface area (TPSA) is 55.1 Å². The summed E-state index contributed by atoms with van der Waals surface area (Å²) in [6.07, 6.45) is 11.6. The summed E-state index contributed by atoms with van der Waals surface area (Å²) in [7, 11) is 0. The van der Waals surface area contributed by atoms with Crippen molar-refractivity contribution in [3.8, 4) is 0 Å².